The molecule has 0 radical (unpaired) electrons. The molecule has 1 saturated heterocycles. The highest BCUT2D eigenvalue weighted by Gasteiger charge is 2.20. The highest BCUT2D eigenvalue weighted by molar-refractivity contribution is 5.76. The molecule has 0 bridgehead atoms. The molecule has 1 fully saturated rings. The lowest BCUT2D eigenvalue weighted by Gasteiger charge is -2.31. The topological polar surface area (TPSA) is 61.3 Å². The summed E-state index contributed by atoms with van der Waals surface area (Å²) in [6, 6.07) is 5.04. The molecule has 1 unspecified atom stereocenters. The summed E-state index contributed by atoms with van der Waals surface area (Å²) in [5.74, 6) is 0.704. The summed E-state index contributed by atoms with van der Waals surface area (Å²) in [5, 5.41) is 9.48. The fourth-order valence-electron chi connectivity index (χ4n) is 3.18. The highest BCUT2D eigenvalue weighted by Crippen LogP contribution is 2.21. The number of phenols is 1. The van der Waals surface area contributed by atoms with E-state index in [0.717, 1.165) is 25.2 Å². The summed E-state index contributed by atoms with van der Waals surface area (Å²) >= 11 is 0. The van der Waals surface area contributed by atoms with Crippen molar-refractivity contribution in [1.82, 2.24) is 14.5 Å². The van der Waals surface area contributed by atoms with Crippen LogP contribution in [0.2, 0.25) is 0 Å². The van der Waals surface area contributed by atoms with Gasteiger partial charge in [-0.2, -0.15) is 0 Å². The van der Waals surface area contributed by atoms with Crippen LogP contribution in [0.1, 0.15) is 19.8 Å². The second-order valence-electron chi connectivity index (χ2n) is 5.64. The van der Waals surface area contributed by atoms with E-state index in [9.17, 15) is 9.90 Å². The molecule has 0 spiro atoms. The summed E-state index contributed by atoms with van der Waals surface area (Å²) in [6.45, 7) is 6.24. The Bertz CT molecular complexity index is 659. The Hall–Kier alpha value is -1.75. The third-order valence-electron chi connectivity index (χ3n) is 4.25. The smallest absolute Gasteiger partial charge is 0.326 e. The number of nitrogens with zero attached hydrogens (tertiary/aromatic N) is 2. The first kappa shape index (κ1) is 13.2. The lowest BCUT2D eigenvalue weighted by atomic mass is 9.98. The maximum absolute atomic E-state index is 12.1. The average Bonchev–Trinajstić information content (AvgIpc) is 2.74. The van der Waals surface area contributed by atoms with Crippen molar-refractivity contribution < 1.29 is 5.11 Å². The molecular formula is C15H21N3O2. The number of fused-ring (bicyclic) bond motifs is 1. The Morgan fingerprint density at radius 1 is 1.45 bits per heavy atom. The van der Waals surface area contributed by atoms with Gasteiger partial charge in [0, 0.05) is 19.2 Å². The molecule has 0 amide bonds. The lowest BCUT2D eigenvalue weighted by Crippen LogP contribution is -2.37. The average molecular weight is 275 g/mol. The van der Waals surface area contributed by atoms with Crippen molar-refractivity contribution in [2.75, 3.05) is 19.6 Å². The molecule has 108 valence electrons. The molecule has 2 aromatic rings. The van der Waals surface area contributed by atoms with E-state index in [1.54, 1.807) is 16.7 Å². The first-order chi connectivity index (χ1) is 9.67. The molecule has 2 heterocycles. The van der Waals surface area contributed by atoms with Crippen LogP contribution in [-0.4, -0.2) is 39.2 Å². The number of phenolic OH excluding ortho intramolecular Hbond substituents is 1. The number of aromatic hydroxyl groups is 1. The molecule has 1 aliphatic rings. The predicted molar refractivity (Wildman–Crippen MR) is 79.1 cm³/mol. The third kappa shape index (κ3) is 2.45. The molecule has 1 atom stereocenters. The van der Waals surface area contributed by atoms with E-state index in [-0.39, 0.29) is 11.4 Å². The van der Waals surface area contributed by atoms with E-state index in [1.165, 1.54) is 19.4 Å². The van der Waals surface area contributed by atoms with Gasteiger partial charge in [-0.1, -0.05) is 6.92 Å². The van der Waals surface area contributed by atoms with Crippen LogP contribution in [0, 0.1) is 5.92 Å². The Balaban J connectivity index is 1.87. The van der Waals surface area contributed by atoms with Gasteiger partial charge in [0.2, 0.25) is 0 Å². The molecule has 20 heavy (non-hydrogen) atoms. The van der Waals surface area contributed by atoms with Gasteiger partial charge >= 0.3 is 5.69 Å². The second kappa shape index (κ2) is 5.32. The minimum absolute atomic E-state index is 0.0841. The first-order valence-electron chi connectivity index (χ1n) is 7.31. The first-order valence-corrected chi connectivity index (χ1v) is 7.31. The van der Waals surface area contributed by atoms with Gasteiger partial charge in [-0.05, 0) is 44.0 Å². The number of likely N-dealkylation sites (tertiary alicyclic amines) is 1. The van der Waals surface area contributed by atoms with E-state index in [0.29, 0.717) is 11.4 Å². The monoisotopic (exact) mass is 275 g/mol. The van der Waals surface area contributed by atoms with Crippen LogP contribution < -0.4 is 5.69 Å². The number of aromatic nitrogens is 2. The van der Waals surface area contributed by atoms with Crippen LogP contribution in [0.25, 0.3) is 11.0 Å². The summed E-state index contributed by atoms with van der Waals surface area (Å²) < 4.78 is 1.80. The Labute approximate surface area is 117 Å². The quantitative estimate of drug-likeness (QED) is 0.897. The summed E-state index contributed by atoms with van der Waals surface area (Å²) in [5.41, 5.74) is 1.50. The van der Waals surface area contributed by atoms with Gasteiger partial charge in [0.25, 0.3) is 0 Å². The van der Waals surface area contributed by atoms with E-state index in [2.05, 4.69) is 16.8 Å². The van der Waals surface area contributed by atoms with Crippen molar-refractivity contribution in [2.24, 2.45) is 5.92 Å². The number of nitrogens with one attached hydrogen (secondary N) is 1. The molecule has 3 rings (SSSR count). The molecule has 1 aromatic heterocycles. The van der Waals surface area contributed by atoms with Crippen LogP contribution in [0.15, 0.2) is 23.0 Å². The third-order valence-corrected chi connectivity index (χ3v) is 4.25. The molecular weight excluding hydrogens is 254 g/mol. The highest BCUT2D eigenvalue weighted by atomic mass is 16.3. The molecule has 0 saturated carbocycles. The van der Waals surface area contributed by atoms with Gasteiger partial charge in [0.1, 0.15) is 5.75 Å². The van der Waals surface area contributed by atoms with Gasteiger partial charge in [-0.3, -0.25) is 4.57 Å². The number of piperidine rings is 1. The van der Waals surface area contributed by atoms with E-state index >= 15 is 0 Å². The van der Waals surface area contributed by atoms with Crippen LogP contribution >= 0.6 is 0 Å². The molecule has 0 aliphatic carbocycles. The number of rotatable bonds is 3. The number of imidazole rings is 1. The number of hydrogen-bond donors (Lipinski definition) is 2. The minimum atomic E-state index is -0.0841. The van der Waals surface area contributed by atoms with Gasteiger partial charge < -0.3 is 15.0 Å². The standard InChI is InChI=1S/C15H21N3O2/c1-2-17-7-3-4-11(9-17)10-18-14-6-5-12(19)8-13(14)16-15(18)20/h5-6,8,11,19H,2-4,7,9-10H2,1H3,(H,16,20). The van der Waals surface area contributed by atoms with E-state index in [4.69, 9.17) is 0 Å². The zero-order valence-corrected chi connectivity index (χ0v) is 11.8. The molecule has 5 heteroatoms. The van der Waals surface area contributed by atoms with Crippen molar-refractivity contribution in [3.05, 3.63) is 28.7 Å². The van der Waals surface area contributed by atoms with Gasteiger partial charge in [0.05, 0.1) is 11.0 Å². The van der Waals surface area contributed by atoms with Crippen molar-refractivity contribution >= 4 is 11.0 Å². The molecule has 2 N–H and O–H groups in total. The predicted octanol–water partition coefficient (Wildman–Crippen LogP) is 1.77. The van der Waals surface area contributed by atoms with Crippen molar-refractivity contribution in [3.63, 3.8) is 0 Å². The fourth-order valence-corrected chi connectivity index (χ4v) is 3.18. The summed E-state index contributed by atoms with van der Waals surface area (Å²) in [4.78, 5) is 17.3. The maximum atomic E-state index is 12.1. The maximum Gasteiger partial charge on any atom is 0.326 e. The van der Waals surface area contributed by atoms with Crippen LogP contribution in [0.3, 0.4) is 0 Å². The second-order valence-corrected chi connectivity index (χ2v) is 5.64. The van der Waals surface area contributed by atoms with E-state index in [1.807, 2.05) is 6.07 Å². The normalized spacial score (nSPS) is 20.6. The summed E-state index contributed by atoms with van der Waals surface area (Å²) in [6.07, 6.45) is 2.38. The van der Waals surface area contributed by atoms with Crippen molar-refractivity contribution in [1.29, 1.82) is 0 Å². The molecule has 1 aromatic carbocycles. The fraction of sp³-hybridized carbons (Fsp3) is 0.533. The van der Waals surface area contributed by atoms with Crippen LogP contribution in [0.5, 0.6) is 5.75 Å². The van der Waals surface area contributed by atoms with Crippen molar-refractivity contribution in [3.8, 4) is 5.75 Å². The van der Waals surface area contributed by atoms with Crippen molar-refractivity contribution in [2.45, 2.75) is 26.3 Å². The SMILES string of the molecule is CCN1CCCC(Cn2c(=O)[nH]c3cc(O)ccc32)C1. The van der Waals surface area contributed by atoms with Gasteiger partial charge in [-0.25, -0.2) is 4.79 Å². The summed E-state index contributed by atoms with van der Waals surface area (Å²) in [7, 11) is 0. The minimum Gasteiger partial charge on any atom is -0.508 e. The number of aromatic amines is 1. The van der Waals surface area contributed by atoms with Crippen LogP contribution in [0.4, 0.5) is 0 Å². The van der Waals surface area contributed by atoms with E-state index < -0.39 is 0 Å². The number of hydrogen-bond acceptors (Lipinski definition) is 3. The molecule has 1 aliphatic heterocycles. The van der Waals surface area contributed by atoms with Crippen LogP contribution in [-0.2, 0) is 6.54 Å². The van der Waals surface area contributed by atoms with Gasteiger partial charge in [0.15, 0.2) is 0 Å². The number of H-pyrrole nitrogens is 1. The largest absolute Gasteiger partial charge is 0.508 e. The van der Waals surface area contributed by atoms with Gasteiger partial charge in [-0.15, -0.1) is 0 Å². The zero-order chi connectivity index (χ0) is 14.1. The molecule has 5 nitrogen and oxygen atoms in total. The Kier molecular flexibility index (Phi) is 3.53. The Morgan fingerprint density at radius 2 is 2.30 bits per heavy atom. The zero-order valence-electron chi connectivity index (χ0n) is 11.8. The lowest BCUT2D eigenvalue weighted by molar-refractivity contribution is 0.170. The Morgan fingerprint density at radius 3 is 3.10 bits per heavy atom. The number of benzene rings is 1.